The number of hydrogen-bond donors (Lipinski definition) is 2. The van der Waals surface area contributed by atoms with E-state index >= 15 is 0 Å². The first-order valence-corrected chi connectivity index (χ1v) is 7.10. The van der Waals surface area contributed by atoms with Gasteiger partial charge in [-0.2, -0.15) is 0 Å². The van der Waals surface area contributed by atoms with E-state index in [4.69, 9.17) is 0 Å². The standard InChI is InChI=1S/C13H13BrFN3O2/c14-10-5-9(15)2-1-8(10)6-18-11(19)13(17-12(18)20)3-4-16-7-13/h1-2,5,16H,3-4,6-7H2,(H,17,20). The molecule has 20 heavy (non-hydrogen) atoms. The molecule has 2 aliphatic heterocycles. The van der Waals surface area contributed by atoms with Gasteiger partial charge in [0, 0.05) is 11.0 Å². The van der Waals surface area contributed by atoms with E-state index in [0.717, 1.165) is 0 Å². The number of benzene rings is 1. The Bertz CT molecular complexity index is 587. The van der Waals surface area contributed by atoms with Crippen LogP contribution in [0.5, 0.6) is 0 Å². The Morgan fingerprint density at radius 2 is 2.20 bits per heavy atom. The van der Waals surface area contributed by atoms with E-state index in [1.807, 2.05) is 0 Å². The normalized spacial score (nSPS) is 25.6. The maximum Gasteiger partial charge on any atom is 0.325 e. The molecule has 2 N–H and O–H groups in total. The number of imide groups is 1. The third kappa shape index (κ3) is 2.10. The highest BCUT2D eigenvalue weighted by molar-refractivity contribution is 9.10. The molecule has 3 amide bonds. The SMILES string of the molecule is O=C1NC2(CCNC2)C(=O)N1Cc1ccc(F)cc1Br. The van der Waals surface area contributed by atoms with Crippen LogP contribution in [0.2, 0.25) is 0 Å². The largest absolute Gasteiger partial charge is 0.325 e. The predicted octanol–water partition coefficient (Wildman–Crippen LogP) is 1.37. The molecule has 0 aromatic heterocycles. The Kier molecular flexibility index (Phi) is 3.25. The second-order valence-corrected chi connectivity index (χ2v) is 5.92. The zero-order valence-electron chi connectivity index (χ0n) is 10.6. The van der Waals surface area contributed by atoms with Crippen molar-refractivity contribution in [2.75, 3.05) is 13.1 Å². The van der Waals surface area contributed by atoms with Gasteiger partial charge in [-0.1, -0.05) is 22.0 Å². The summed E-state index contributed by atoms with van der Waals surface area (Å²) in [6.45, 7) is 1.30. The van der Waals surface area contributed by atoms with Gasteiger partial charge in [0.25, 0.3) is 5.91 Å². The summed E-state index contributed by atoms with van der Waals surface area (Å²) in [5, 5.41) is 5.85. The lowest BCUT2D eigenvalue weighted by atomic mass is 9.99. The molecule has 2 fully saturated rings. The number of nitrogens with one attached hydrogen (secondary N) is 2. The quantitative estimate of drug-likeness (QED) is 0.799. The highest BCUT2D eigenvalue weighted by atomic mass is 79.9. The summed E-state index contributed by atoms with van der Waals surface area (Å²) >= 11 is 3.25. The van der Waals surface area contributed by atoms with Gasteiger partial charge in [0.2, 0.25) is 0 Å². The van der Waals surface area contributed by atoms with Crippen LogP contribution < -0.4 is 10.6 Å². The maximum atomic E-state index is 13.1. The van der Waals surface area contributed by atoms with Gasteiger partial charge in [-0.3, -0.25) is 9.69 Å². The van der Waals surface area contributed by atoms with Crippen LogP contribution in [0.25, 0.3) is 0 Å². The van der Waals surface area contributed by atoms with Gasteiger partial charge in [-0.15, -0.1) is 0 Å². The molecule has 0 aliphatic carbocycles. The Balaban J connectivity index is 1.84. The van der Waals surface area contributed by atoms with Crippen LogP contribution in [0.4, 0.5) is 9.18 Å². The fourth-order valence-corrected chi connectivity index (χ4v) is 3.10. The minimum atomic E-state index is -0.802. The molecule has 1 atom stereocenters. The second kappa shape index (κ2) is 4.82. The van der Waals surface area contributed by atoms with Crippen molar-refractivity contribution < 1.29 is 14.0 Å². The van der Waals surface area contributed by atoms with E-state index in [1.54, 1.807) is 6.07 Å². The highest BCUT2D eigenvalue weighted by Crippen LogP contribution is 2.27. The van der Waals surface area contributed by atoms with E-state index in [0.29, 0.717) is 29.5 Å². The van der Waals surface area contributed by atoms with Gasteiger partial charge in [0.1, 0.15) is 11.4 Å². The molecule has 7 heteroatoms. The molecule has 1 spiro atoms. The van der Waals surface area contributed by atoms with E-state index in [9.17, 15) is 14.0 Å². The van der Waals surface area contributed by atoms with Gasteiger partial charge >= 0.3 is 6.03 Å². The molecular weight excluding hydrogens is 329 g/mol. The Morgan fingerprint density at radius 1 is 1.40 bits per heavy atom. The smallest absolute Gasteiger partial charge is 0.322 e. The molecule has 0 saturated carbocycles. The van der Waals surface area contributed by atoms with Crippen LogP contribution in [0.15, 0.2) is 22.7 Å². The first-order chi connectivity index (χ1) is 9.52. The molecule has 1 unspecified atom stereocenters. The van der Waals surface area contributed by atoms with Gasteiger partial charge in [-0.05, 0) is 30.7 Å². The van der Waals surface area contributed by atoms with Crippen molar-refractivity contribution in [1.29, 1.82) is 0 Å². The molecule has 106 valence electrons. The fourth-order valence-electron chi connectivity index (χ4n) is 2.62. The lowest BCUT2D eigenvalue weighted by Gasteiger charge is -2.19. The number of nitrogens with zero attached hydrogens (tertiary/aromatic N) is 1. The predicted molar refractivity (Wildman–Crippen MR) is 73.4 cm³/mol. The number of carbonyl (C=O) groups excluding carboxylic acids is 2. The van der Waals surface area contributed by atoms with Crippen molar-refractivity contribution >= 4 is 27.9 Å². The minimum absolute atomic E-state index is 0.132. The molecule has 1 aromatic rings. The molecular formula is C13H13BrFN3O2. The number of halogens is 2. The number of hydrogen-bond acceptors (Lipinski definition) is 3. The van der Waals surface area contributed by atoms with Crippen molar-refractivity contribution in [2.45, 2.75) is 18.5 Å². The zero-order valence-corrected chi connectivity index (χ0v) is 12.2. The maximum absolute atomic E-state index is 13.1. The fraction of sp³-hybridized carbons (Fsp3) is 0.385. The van der Waals surface area contributed by atoms with Crippen molar-refractivity contribution in [3.05, 3.63) is 34.1 Å². The Morgan fingerprint density at radius 3 is 2.85 bits per heavy atom. The first-order valence-electron chi connectivity index (χ1n) is 6.31. The van der Waals surface area contributed by atoms with Gasteiger partial charge in [0.05, 0.1) is 6.54 Å². The molecule has 0 radical (unpaired) electrons. The van der Waals surface area contributed by atoms with Crippen molar-refractivity contribution in [1.82, 2.24) is 15.5 Å². The summed E-state index contributed by atoms with van der Waals surface area (Å²) in [5.74, 6) is -0.585. The Labute approximate surface area is 123 Å². The summed E-state index contributed by atoms with van der Waals surface area (Å²) in [6, 6.07) is 3.80. The molecule has 2 aliphatic rings. The molecule has 5 nitrogen and oxygen atoms in total. The third-order valence-electron chi connectivity index (χ3n) is 3.74. The van der Waals surface area contributed by atoms with E-state index < -0.39 is 11.6 Å². The number of carbonyl (C=O) groups is 2. The van der Waals surface area contributed by atoms with Crippen LogP contribution in [-0.2, 0) is 11.3 Å². The first kappa shape index (κ1) is 13.5. The second-order valence-electron chi connectivity index (χ2n) is 5.07. The van der Waals surface area contributed by atoms with Crippen LogP contribution >= 0.6 is 15.9 Å². The van der Waals surface area contributed by atoms with E-state index in [2.05, 4.69) is 26.6 Å². The molecule has 1 aromatic carbocycles. The van der Waals surface area contributed by atoms with Crippen LogP contribution in [0.3, 0.4) is 0 Å². The summed E-state index contributed by atoms with van der Waals surface area (Å²) in [5.41, 5.74) is -0.109. The number of amides is 3. The average molecular weight is 342 g/mol. The Hall–Kier alpha value is -1.47. The average Bonchev–Trinajstić information content (AvgIpc) is 2.94. The van der Waals surface area contributed by atoms with Crippen LogP contribution in [-0.4, -0.2) is 35.5 Å². The third-order valence-corrected chi connectivity index (χ3v) is 4.48. The molecule has 0 bridgehead atoms. The monoisotopic (exact) mass is 341 g/mol. The summed E-state index contributed by atoms with van der Waals surface area (Å²) in [4.78, 5) is 25.6. The number of urea groups is 1. The van der Waals surface area contributed by atoms with Crippen molar-refractivity contribution in [3.63, 3.8) is 0 Å². The highest BCUT2D eigenvalue weighted by Gasteiger charge is 2.52. The van der Waals surface area contributed by atoms with Crippen molar-refractivity contribution in [3.8, 4) is 0 Å². The molecule has 2 heterocycles. The van der Waals surface area contributed by atoms with Crippen LogP contribution in [0.1, 0.15) is 12.0 Å². The van der Waals surface area contributed by atoms with E-state index in [-0.39, 0.29) is 18.3 Å². The summed E-state index contributed by atoms with van der Waals surface area (Å²) < 4.78 is 13.6. The van der Waals surface area contributed by atoms with Gasteiger partial charge in [0.15, 0.2) is 0 Å². The number of rotatable bonds is 2. The van der Waals surface area contributed by atoms with Gasteiger partial charge in [-0.25, -0.2) is 9.18 Å². The van der Waals surface area contributed by atoms with Crippen LogP contribution in [0, 0.1) is 5.82 Å². The van der Waals surface area contributed by atoms with E-state index in [1.165, 1.54) is 17.0 Å². The topological polar surface area (TPSA) is 61.4 Å². The summed E-state index contributed by atoms with van der Waals surface area (Å²) in [7, 11) is 0. The molecule has 2 saturated heterocycles. The lowest BCUT2D eigenvalue weighted by molar-refractivity contribution is -0.131. The van der Waals surface area contributed by atoms with Gasteiger partial charge < -0.3 is 10.6 Å². The zero-order chi connectivity index (χ0) is 14.3. The lowest BCUT2D eigenvalue weighted by Crippen LogP contribution is -2.48. The minimum Gasteiger partial charge on any atom is -0.322 e. The summed E-state index contributed by atoms with van der Waals surface area (Å²) in [6.07, 6.45) is 0.596. The van der Waals surface area contributed by atoms with Crippen molar-refractivity contribution in [2.24, 2.45) is 0 Å². The molecule has 3 rings (SSSR count).